The lowest BCUT2D eigenvalue weighted by atomic mass is 10.2. The summed E-state index contributed by atoms with van der Waals surface area (Å²) in [5, 5.41) is 6.26. The summed E-state index contributed by atoms with van der Waals surface area (Å²) in [4.78, 5) is 27.3. The first-order chi connectivity index (χ1) is 12.0. The maximum Gasteiger partial charge on any atom is 0.329 e. The third kappa shape index (κ3) is 6.42. The van der Waals surface area contributed by atoms with Crippen LogP contribution in [0.1, 0.15) is 25.0 Å². The number of hydrogen-bond acceptors (Lipinski definition) is 5. The van der Waals surface area contributed by atoms with Crippen molar-refractivity contribution in [2.45, 2.75) is 26.5 Å². The Morgan fingerprint density at radius 3 is 2.60 bits per heavy atom. The van der Waals surface area contributed by atoms with Gasteiger partial charge in [0.1, 0.15) is 5.75 Å². The molecule has 0 spiro atoms. The number of nitrogens with one attached hydrogen (secondary N) is 2. The average molecular weight is 340 g/mol. The molecule has 1 aromatic heterocycles. The maximum atomic E-state index is 11.7. The topological polar surface area (TPSA) is 92.7 Å². The van der Waals surface area contributed by atoms with E-state index in [1.165, 1.54) is 6.21 Å². The van der Waals surface area contributed by atoms with Crippen LogP contribution in [0.5, 0.6) is 5.75 Å². The lowest BCUT2D eigenvalue weighted by Crippen LogP contribution is -2.37. The molecule has 0 unspecified atom stereocenters. The van der Waals surface area contributed by atoms with E-state index in [0.717, 1.165) is 16.9 Å². The second kappa shape index (κ2) is 9.17. The summed E-state index contributed by atoms with van der Waals surface area (Å²) in [6, 6.07) is 10.8. The molecule has 0 saturated carbocycles. The third-order valence-electron chi connectivity index (χ3n) is 3.01. The minimum Gasteiger partial charge on any atom is -0.491 e. The molecule has 0 saturated heterocycles. The van der Waals surface area contributed by atoms with Gasteiger partial charge in [0.2, 0.25) is 0 Å². The summed E-state index contributed by atoms with van der Waals surface area (Å²) < 4.78 is 5.54. The quantitative estimate of drug-likeness (QED) is 0.475. The summed E-state index contributed by atoms with van der Waals surface area (Å²) in [7, 11) is 0. The van der Waals surface area contributed by atoms with E-state index in [2.05, 4.69) is 20.8 Å². The average Bonchev–Trinajstić information content (AvgIpc) is 2.61. The van der Waals surface area contributed by atoms with Crippen LogP contribution in [0.3, 0.4) is 0 Å². The largest absolute Gasteiger partial charge is 0.491 e. The van der Waals surface area contributed by atoms with Crippen LogP contribution < -0.4 is 15.5 Å². The molecule has 2 N–H and O–H groups in total. The summed E-state index contributed by atoms with van der Waals surface area (Å²) in [6.07, 6.45) is 4.80. The number of aromatic nitrogens is 1. The van der Waals surface area contributed by atoms with Crippen LogP contribution in [0.25, 0.3) is 0 Å². The molecule has 0 aliphatic carbocycles. The highest BCUT2D eigenvalue weighted by Crippen LogP contribution is 2.12. The van der Waals surface area contributed by atoms with Crippen molar-refractivity contribution in [3.05, 3.63) is 59.9 Å². The number of nitrogens with zero attached hydrogens (tertiary/aromatic N) is 2. The van der Waals surface area contributed by atoms with E-state index in [1.54, 1.807) is 36.7 Å². The Morgan fingerprint density at radius 2 is 1.96 bits per heavy atom. The van der Waals surface area contributed by atoms with Crippen molar-refractivity contribution < 1.29 is 14.3 Å². The van der Waals surface area contributed by atoms with Gasteiger partial charge >= 0.3 is 11.8 Å². The van der Waals surface area contributed by atoms with Crippen LogP contribution in [0.15, 0.2) is 53.9 Å². The van der Waals surface area contributed by atoms with E-state index in [0.29, 0.717) is 0 Å². The molecule has 0 radical (unpaired) electrons. The summed E-state index contributed by atoms with van der Waals surface area (Å²) in [6.45, 7) is 4.12. The smallest absolute Gasteiger partial charge is 0.329 e. The minimum absolute atomic E-state index is 0.101. The van der Waals surface area contributed by atoms with Gasteiger partial charge in [0.15, 0.2) is 0 Å². The lowest BCUT2D eigenvalue weighted by Gasteiger charge is -2.09. The van der Waals surface area contributed by atoms with Crippen molar-refractivity contribution >= 4 is 18.0 Å². The monoisotopic (exact) mass is 340 g/mol. The highest BCUT2D eigenvalue weighted by atomic mass is 16.5. The predicted molar refractivity (Wildman–Crippen MR) is 94.0 cm³/mol. The second-order valence-corrected chi connectivity index (χ2v) is 5.48. The predicted octanol–water partition coefficient (Wildman–Crippen LogP) is 1.64. The Kier molecular flexibility index (Phi) is 6.65. The van der Waals surface area contributed by atoms with Crippen molar-refractivity contribution in [3.63, 3.8) is 0 Å². The molecule has 2 rings (SSSR count). The van der Waals surface area contributed by atoms with Crippen LogP contribution >= 0.6 is 0 Å². The van der Waals surface area contributed by atoms with Crippen LogP contribution in [0.4, 0.5) is 0 Å². The number of hydrazone groups is 1. The fraction of sp³-hybridized carbons (Fsp3) is 0.222. The zero-order valence-corrected chi connectivity index (χ0v) is 14.1. The summed E-state index contributed by atoms with van der Waals surface area (Å²) in [5.41, 5.74) is 3.76. The molecule has 130 valence electrons. The molecule has 1 aromatic carbocycles. The zero-order chi connectivity index (χ0) is 18.1. The number of rotatable bonds is 6. The molecule has 2 aromatic rings. The van der Waals surface area contributed by atoms with E-state index < -0.39 is 11.8 Å². The molecule has 0 atom stereocenters. The highest BCUT2D eigenvalue weighted by Gasteiger charge is 2.11. The fourth-order valence-electron chi connectivity index (χ4n) is 1.89. The molecule has 0 fully saturated rings. The third-order valence-corrected chi connectivity index (χ3v) is 3.01. The molecular formula is C18H20N4O3. The minimum atomic E-state index is -0.833. The summed E-state index contributed by atoms with van der Waals surface area (Å²) in [5.74, 6) is -0.840. The first kappa shape index (κ1) is 18.1. The van der Waals surface area contributed by atoms with Crippen molar-refractivity contribution in [2.75, 3.05) is 0 Å². The number of carbonyl (C=O) groups is 2. The van der Waals surface area contributed by atoms with Gasteiger partial charge in [-0.15, -0.1) is 0 Å². The van der Waals surface area contributed by atoms with E-state index in [-0.39, 0.29) is 12.6 Å². The molecule has 7 heteroatoms. The zero-order valence-electron chi connectivity index (χ0n) is 14.1. The Hall–Kier alpha value is -3.22. The van der Waals surface area contributed by atoms with Gasteiger partial charge in [-0.3, -0.25) is 14.6 Å². The highest BCUT2D eigenvalue weighted by molar-refractivity contribution is 6.35. The van der Waals surface area contributed by atoms with Gasteiger partial charge in [-0.25, -0.2) is 5.43 Å². The van der Waals surface area contributed by atoms with Crippen molar-refractivity contribution in [3.8, 4) is 5.75 Å². The molecule has 0 aliphatic heterocycles. The lowest BCUT2D eigenvalue weighted by molar-refractivity contribution is -0.139. The molecule has 0 bridgehead atoms. The Balaban J connectivity index is 1.78. The van der Waals surface area contributed by atoms with E-state index in [4.69, 9.17) is 4.74 Å². The van der Waals surface area contributed by atoms with Gasteiger partial charge in [-0.05, 0) is 55.3 Å². The fourth-order valence-corrected chi connectivity index (χ4v) is 1.89. The van der Waals surface area contributed by atoms with Crippen LogP contribution in [0.2, 0.25) is 0 Å². The standard InChI is InChI=1S/C18H20N4O3/c1-13(2)25-16-7-5-14(6-8-16)12-21-22-18(24)17(23)20-11-15-4-3-9-19-10-15/h3-10,12-13H,11H2,1-2H3,(H,20,23)(H,22,24)/b21-12-. The number of carbonyl (C=O) groups excluding carboxylic acids is 2. The van der Waals surface area contributed by atoms with Crippen LogP contribution in [0, 0.1) is 0 Å². The van der Waals surface area contributed by atoms with E-state index >= 15 is 0 Å². The van der Waals surface area contributed by atoms with E-state index in [9.17, 15) is 9.59 Å². The van der Waals surface area contributed by atoms with Gasteiger partial charge in [-0.1, -0.05) is 6.07 Å². The van der Waals surface area contributed by atoms with Crippen molar-refractivity contribution in [1.29, 1.82) is 0 Å². The van der Waals surface area contributed by atoms with Gasteiger partial charge in [0, 0.05) is 18.9 Å². The number of benzene rings is 1. The van der Waals surface area contributed by atoms with Crippen molar-refractivity contribution in [1.82, 2.24) is 15.7 Å². The Morgan fingerprint density at radius 1 is 1.20 bits per heavy atom. The first-order valence-electron chi connectivity index (χ1n) is 7.81. The molecule has 1 heterocycles. The van der Waals surface area contributed by atoms with Crippen LogP contribution in [-0.2, 0) is 16.1 Å². The van der Waals surface area contributed by atoms with Gasteiger partial charge in [-0.2, -0.15) is 5.10 Å². The van der Waals surface area contributed by atoms with Crippen molar-refractivity contribution in [2.24, 2.45) is 5.10 Å². The second-order valence-electron chi connectivity index (χ2n) is 5.48. The van der Waals surface area contributed by atoms with Gasteiger partial charge < -0.3 is 10.1 Å². The summed E-state index contributed by atoms with van der Waals surface area (Å²) >= 11 is 0. The van der Waals surface area contributed by atoms with E-state index in [1.807, 2.05) is 26.0 Å². The number of pyridine rings is 1. The maximum absolute atomic E-state index is 11.7. The molecular weight excluding hydrogens is 320 g/mol. The molecule has 7 nitrogen and oxygen atoms in total. The number of ether oxygens (including phenoxy) is 1. The molecule has 2 amide bonds. The normalized spacial score (nSPS) is 10.7. The SMILES string of the molecule is CC(C)Oc1ccc(/C=N\NC(=O)C(=O)NCc2cccnc2)cc1. The number of hydrogen-bond donors (Lipinski definition) is 2. The van der Waals surface area contributed by atoms with Crippen LogP contribution in [-0.4, -0.2) is 29.1 Å². The molecule has 25 heavy (non-hydrogen) atoms. The van der Waals surface area contributed by atoms with Gasteiger partial charge in [0.05, 0.1) is 12.3 Å². The number of amides is 2. The molecule has 0 aliphatic rings. The Bertz CT molecular complexity index is 728. The Labute approximate surface area is 146 Å². The first-order valence-corrected chi connectivity index (χ1v) is 7.81. The van der Waals surface area contributed by atoms with Gasteiger partial charge in [0.25, 0.3) is 0 Å².